The van der Waals surface area contributed by atoms with Crippen LogP contribution in [0.1, 0.15) is 22.7 Å². The molecule has 3 aromatic carbocycles. The number of nitrogens with one attached hydrogen (secondary N) is 2. The van der Waals surface area contributed by atoms with Crippen molar-refractivity contribution in [1.82, 2.24) is 4.72 Å². The van der Waals surface area contributed by atoms with E-state index >= 15 is 0 Å². The normalized spacial score (nSPS) is 18.9. The van der Waals surface area contributed by atoms with Crippen LogP contribution in [0.25, 0.3) is 0 Å². The molecule has 0 amide bonds. The summed E-state index contributed by atoms with van der Waals surface area (Å²) in [7, 11) is -3.63. The first kappa shape index (κ1) is 19.2. The summed E-state index contributed by atoms with van der Waals surface area (Å²) in [6, 6.07) is 22.5. The van der Waals surface area contributed by atoms with Gasteiger partial charge in [-0.2, -0.15) is 0 Å². The number of aryl methyl sites for hydroxylation is 1. The van der Waals surface area contributed by atoms with Gasteiger partial charge in [-0.3, -0.25) is 0 Å². The minimum absolute atomic E-state index is 0.164. The van der Waals surface area contributed by atoms with Gasteiger partial charge in [-0.05, 0) is 54.8 Å². The van der Waals surface area contributed by atoms with Gasteiger partial charge in [0, 0.05) is 10.2 Å². The Balaban J connectivity index is 1.69. The van der Waals surface area contributed by atoms with Crippen LogP contribution in [0.4, 0.5) is 5.69 Å². The third-order valence-electron chi connectivity index (χ3n) is 5.04. The molecule has 1 heterocycles. The molecule has 0 bridgehead atoms. The van der Waals surface area contributed by atoms with E-state index in [1.165, 1.54) is 0 Å². The summed E-state index contributed by atoms with van der Waals surface area (Å²) in [6.45, 7) is 1.94. The van der Waals surface area contributed by atoms with Crippen LogP contribution < -0.4 is 10.0 Å². The summed E-state index contributed by atoms with van der Waals surface area (Å²) < 4.78 is 29.9. The van der Waals surface area contributed by atoms with E-state index in [0.717, 1.165) is 26.9 Å². The Morgan fingerprint density at radius 2 is 1.64 bits per heavy atom. The maximum absolute atomic E-state index is 13.0. The van der Waals surface area contributed by atoms with Crippen molar-refractivity contribution < 1.29 is 8.42 Å². The van der Waals surface area contributed by atoms with E-state index in [2.05, 4.69) is 26.0 Å². The maximum atomic E-state index is 13.0. The number of halogens is 1. The first-order valence-corrected chi connectivity index (χ1v) is 11.4. The van der Waals surface area contributed by atoms with Crippen LogP contribution in [0.2, 0.25) is 0 Å². The number of anilines is 1. The number of sulfonamides is 1. The molecule has 3 aromatic rings. The molecule has 4 nitrogen and oxygen atoms in total. The second-order valence-corrected chi connectivity index (χ2v) is 9.71. The van der Waals surface area contributed by atoms with Crippen LogP contribution in [0, 0.1) is 6.92 Å². The van der Waals surface area contributed by atoms with Crippen molar-refractivity contribution >= 4 is 31.6 Å². The molecule has 28 heavy (non-hydrogen) atoms. The molecule has 6 heteroatoms. The van der Waals surface area contributed by atoms with Crippen LogP contribution in [0.15, 0.2) is 82.2 Å². The van der Waals surface area contributed by atoms with Gasteiger partial charge in [0.2, 0.25) is 10.0 Å². The second kappa shape index (κ2) is 7.70. The van der Waals surface area contributed by atoms with E-state index in [1.807, 2.05) is 67.6 Å². The molecule has 0 aliphatic carbocycles. The van der Waals surface area contributed by atoms with Gasteiger partial charge < -0.3 is 5.32 Å². The summed E-state index contributed by atoms with van der Waals surface area (Å²) in [5, 5.41) is 3.52. The lowest BCUT2D eigenvalue weighted by atomic mass is 9.89. The van der Waals surface area contributed by atoms with Crippen molar-refractivity contribution in [2.45, 2.75) is 30.3 Å². The number of hydrogen-bond donors (Lipinski definition) is 2. The lowest BCUT2D eigenvalue weighted by molar-refractivity contribution is 0.493. The third-order valence-corrected chi connectivity index (χ3v) is 7.07. The van der Waals surface area contributed by atoms with Gasteiger partial charge in [0.25, 0.3) is 0 Å². The highest BCUT2D eigenvalue weighted by atomic mass is 79.9. The Morgan fingerprint density at radius 3 is 2.36 bits per heavy atom. The fourth-order valence-electron chi connectivity index (χ4n) is 3.54. The number of para-hydroxylation sites is 1. The highest BCUT2D eigenvalue weighted by Crippen LogP contribution is 2.34. The number of hydrogen-bond acceptors (Lipinski definition) is 3. The van der Waals surface area contributed by atoms with Gasteiger partial charge in [-0.15, -0.1) is 0 Å². The van der Waals surface area contributed by atoms with E-state index in [0.29, 0.717) is 6.42 Å². The Morgan fingerprint density at radius 1 is 0.964 bits per heavy atom. The van der Waals surface area contributed by atoms with Crippen LogP contribution >= 0.6 is 15.9 Å². The molecule has 2 atom stereocenters. The van der Waals surface area contributed by atoms with Gasteiger partial charge in [0.1, 0.15) is 0 Å². The summed E-state index contributed by atoms with van der Waals surface area (Å²) in [5.41, 5.74) is 4.21. The molecule has 0 fully saturated rings. The molecule has 0 radical (unpaired) electrons. The van der Waals surface area contributed by atoms with E-state index in [1.54, 1.807) is 12.1 Å². The van der Waals surface area contributed by atoms with Gasteiger partial charge in [-0.1, -0.05) is 64.0 Å². The molecule has 0 unspecified atom stereocenters. The zero-order chi connectivity index (χ0) is 19.7. The SMILES string of the molecule is Cc1ccc(S(=O)(=O)N[C@H]2Cc3ccccc3N[C@H]2c2ccc(Br)cc2)cc1. The second-order valence-electron chi connectivity index (χ2n) is 7.08. The topological polar surface area (TPSA) is 58.2 Å². The standard InChI is InChI=1S/C22H21BrN2O2S/c1-15-6-12-19(13-7-15)28(26,27)25-21-14-17-4-2-3-5-20(17)24-22(21)16-8-10-18(23)11-9-16/h2-13,21-22,24-25H,14H2,1H3/t21-,22-/m0/s1. The van der Waals surface area contributed by atoms with Gasteiger partial charge in [0.05, 0.1) is 17.0 Å². The predicted molar refractivity (Wildman–Crippen MR) is 116 cm³/mol. The average Bonchev–Trinajstić information content (AvgIpc) is 2.68. The van der Waals surface area contributed by atoms with Crippen LogP contribution in [0.3, 0.4) is 0 Å². The monoisotopic (exact) mass is 456 g/mol. The fraction of sp³-hybridized carbons (Fsp3) is 0.182. The number of rotatable bonds is 4. The average molecular weight is 457 g/mol. The van der Waals surface area contributed by atoms with Crippen LogP contribution in [-0.4, -0.2) is 14.5 Å². The molecule has 0 saturated carbocycles. The van der Waals surface area contributed by atoms with Crippen molar-refractivity contribution in [3.63, 3.8) is 0 Å². The zero-order valence-corrected chi connectivity index (χ0v) is 17.8. The van der Waals surface area contributed by atoms with Crippen molar-refractivity contribution in [1.29, 1.82) is 0 Å². The van der Waals surface area contributed by atoms with Gasteiger partial charge >= 0.3 is 0 Å². The molecule has 2 N–H and O–H groups in total. The summed E-state index contributed by atoms with van der Waals surface area (Å²) in [5.74, 6) is 0. The summed E-state index contributed by atoms with van der Waals surface area (Å²) in [6.07, 6.45) is 0.620. The lowest BCUT2D eigenvalue weighted by Gasteiger charge is -2.35. The lowest BCUT2D eigenvalue weighted by Crippen LogP contribution is -2.45. The molecule has 4 rings (SSSR count). The Hall–Kier alpha value is -2.15. The van der Waals surface area contributed by atoms with Gasteiger partial charge in [-0.25, -0.2) is 13.1 Å². The molecule has 0 spiro atoms. The highest BCUT2D eigenvalue weighted by molar-refractivity contribution is 9.10. The smallest absolute Gasteiger partial charge is 0.240 e. The Kier molecular flexibility index (Phi) is 5.27. The zero-order valence-electron chi connectivity index (χ0n) is 15.4. The van der Waals surface area contributed by atoms with E-state index in [9.17, 15) is 8.42 Å². The van der Waals surface area contributed by atoms with Crippen molar-refractivity contribution in [3.05, 3.63) is 94.0 Å². The molecular formula is C22H21BrN2O2S. The molecule has 0 saturated heterocycles. The molecular weight excluding hydrogens is 436 g/mol. The summed E-state index contributed by atoms with van der Waals surface area (Å²) in [4.78, 5) is 0.284. The van der Waals surface area contributed by atoms with Crippen molar-refractivity contribution in [2.24, 2.45) is 0 Å². The largest absolute Gasteiger partial charge is 0.376 e. The van der Waals surface area contributed by atoms with E-state index in [-0.39, 0.29) is 17.0 Å². The predicted octanol–water partition coefficient (Wildman–Crippen LogP) is 4.81. The minimum atomic E-state index is -3.63. The highest BCUT2D eigenvalue weighted by Gasteiger charge is 2.32. The van der Waals surface area contributed by atoms with Crippen LogP contribution in [-0.2, 0) is 16.4 Å². The third kappa shape index (κ3) is 3.99. The Bertz CT molecular complexity index is 1080. The quantitative estimate of drug-likeness (QED) is 0.591. The molecule has 144 valence electrons. The number of fused-ring (bicyclic) bond motifs is 1. The Labute approximate surface area is 174 Å². The number of benzene rings is 3. The van der Waals surface area contributed by atoms with Gasteiger partial charge in [0.15, 0.2) is 0 Å². The van der Waals surface area contributed by atoms with E-state index in [4.69, 9.17) is 0 Å². The first-order chi connectivity index (χ1) is 13.4. The minimum Gasteiger partial charge on any atom is -0.376 e. The fourth-order valence-corrected chi connectivity index (χ4v) is 5.06. The van der Waals surface area contributed by atoms with E-state index < -0.39 is 10.0 Å². The van der Waals surface area contributed by atoms with Crippen molar-refractivity contribution in [3.8, 4) is 0 Å². The molecule has 1 aliphatic rings. The molecule has 1 aliphatic heterocycles. The van der Waals surface area contributed by atoms with Crippen molar-refractivity contribution in [2.75, 3.05) is 5.32 Å². The summed E-state index contributed by atoms with van der Waals surface area (Å²) >= 11 is 3.46. The van der Waals surface area contributed by atoms with Crippen LogP contribution in [0.5, 0.6) is 0 Å². The first-order valence-electron chi connectivity index (χ1n) is 9.11. The maximum Gasteiger partial charge on any atom is 0.240 e. The molecule has 0 aromatic heterocycles.